The molecular formula is C28H26N4O3. The van der Waals surface area contributed by atoms with Crippen LogP contribution in [0.4, 0.5) is 5.82 Å². The van der Waals surface area contributed by atoms with Crippen molar-refractivity contribution >= 4 is 11.5 Å². The average molecular weight is 467 g/mol. The number of hydrogen-bond acceptors (Lipinski definition) is 7. The Hall–Kier alpha value is -4.39. The molecule has 2 heterocycles. The highest BCUT2D eigenvalue weighted by molar-refractivity contribution is 6.03. The monoisotopic (exact) mass is 466 g/mol. The molecule has 1 atom stereocenters. The van der Waals surface area contributed by atoms with E-state index in [1.807, 2.05) is 77.8 Å². The molecule has 1 aromatic heterocycles. The molecule has 0 aliphatic carbocycles. The Morgan fingerprint density at radius 1 is 0.714 bits per heavy atom. The molecule has 0 saturated heterocycles. The van der Waals surface area contributed by atoms with Gasteiger partial charge in [-0.2, -0.15) is 5.10 Å². The molecule has 0 amide bonds. The molecular weight excluding hydrogens is 440 g/mol. The minimum Gasteiger partial charge on any atom is -0.493 e. The minimum atomic E-state index is -0.129. The van der Waals surface area contributed by atoms with E-state index < -0.39 is 0 Å². The number of anilines is 1. The fraction of sp³-hybridized carbons (Fsp3) is 0.179. The third-order valence-electron chi connectivity index (χ3n) is 6.04. The van der Waals surface area contributed by atoms with Gasteiger partial charge in [-0.1, -0.05) is 60.7 Å². The van der Waals surface area contributed by atoms with Crippen molar-refractivity contribution in [2.75, 3.05) is 26.3 Å². The first kappa shape index (κ1) is 22.4. The number of hydrazone groups is 1. The molecule has 0 fully saturated rings. The Morgan fingerprint density at radius 2 is 1.34 bits per heavy atom. The number of benzene rings is 3. The van der Waals surface area contributed by atoms with Gasteiger partial charge in [-0.05, 0) is 35.4 Å². The summed E-state index contributed by atoms with van der Waals surface area (Å²) in [6.07, 6.45) is 0.685. The van der Waals surface area contributed by atoms with E-state index in [1.54, 1.807) is 21.3 Å². The van der Waals surface area contributed by atoms with Crippen molar-refractivity contribution in [1.29, 1.82) is 0 Å². The summed E-state index contributed by atoms with van der Waals surface area (Å²) in [5.74, 6) is 2.41. The Morgan fingerprint density at radius 3 is 1.89 bits per heavy atom. The van der Waals surface area contributed by atoms with E-state index in [1.165, 1.54) is 0 Å². The lowest BCUT2D eigenvalue weighted by Crippen LogP contribution is -2.20. The molecule has 7 heteroatoms. The van der Waals surface area contributed by atoms with Gasteiger partial charge < -0.3 is 14.2 Å². The molecule has 3 aromatic carbocycles. The summed E-state index contributed by atoms with van der Waals surface area (Å²) in [6.45, 7) is 0. The molecule has 176 valence electrons. The van der Waals surface area contributed by atoms with E-state index in [0.717, 1.165) is 28.1 Å². The zero-order valence-corrected chi connectivity index (χ0v) is 19.9. The summed E-state index contributed by atoms with van der Waals surface area (Å²) in [6, 6.07) is 27.9. The van der Waals surface area contributed by atoms with Crippen LogP contribution < -0.4 is 19.2 Å². The van der Waals surface area contributed by atoms with Gasteiger partial charge in [-0.3, -0.25) is 0 Å². The lowest BCUT2D eigenvalue weighted by atomic mass is 9.97. The second-order valence-corrected chi connectivity index (χ2v) is 8.08. The number of nitrogens with zero attached hydrogens (tertiary/aromatic N) is 4. The van der Waals surface area contributed by atoms with Crippen LogP contribution >= 0.6 is 0 Å². The van der Waals surface area contributed by atoms with Crippen LogP contribution in [0.2, 0.25) is 0 Å². The van der Waals surface area contributed by atoms with Gasteiger partial charge in [0.1, 0.15) is 0 Å². The molecule has 0 saturated carbocycles. The molecule has 1 unspecified atom stereocenters. The van der Waals surface area contributed by atoms with Gasteiger partial charge in [0, 0.05) is 12.0 Å². The quantitative estimate of drug-likeness (QED) is 0.357. The van der Waals surface area contributed by atoms with E-state index >= 15 is 0 Å². The largest absolute Gasteiger partial charge is 0.493 e. The van der Waals surface area contributed by atoms with Gasteiger partial charge in [0.15, 0.2) is 17.3 Å². The van der Waals surface area contributed by atoms with Gasteiger partial charge in [-0.15, -0.1) is 10.2 Å². The molecule has 35 heavy (non-hydrogen) atoms. The van der Waals surface area contributed by atoms with Crippen molar-refractivity contribution < 1.29 is 14.2 Å². The zero-order valence-electron chi connectivity index (χ0n) is 19.9. The first-order chi connectivity index (χ1) is 17.2. The molecule has 0 spiro atoms. The maximum absolute atomic E-state index is 5.61. The van der Waals surface area contributed by atoms with Crippen LogP contribution in [0.3, 0.4) is 0 Å². The topological polar surface area (TPSA) is 69.1 Å². The van der Waals surface area contributed by atoms with E-state index in [9.17, 15) is 0 Å². The smallest absolute Gasteiger partial charge is 0.203 e. The number of rotatable bonds is 7. The third-order valence-corrected chi connectivity index (χ3v) is 6.04. The van der Waals surface area contributed by atoms with Crippen molar-refractivity contribution in [3.63, 3.8) is 0 Å². The van der Waals surface area contributed by atoms with E-state index in [2.05, 4.69) is 22.3 Å². The normalized spacial score (nSPS) is 15.0. The van der Waals surface area contributed by atoms with Crippen molar-refractivity contribution in [2.24, 2.45) is 5.10 Å². The average Bonchev–Trinajstić information content (AvgIpc) is 3.39. The predicted octanol–water partition coefficient (Wildman–Crippen LogP) is 5.53. The number of ether oxygens (including phenoxy) is 3. The first-order valence-corrected chi connectivity index (χ1v) is 11.3. The van der Waals surface area contributed by atoms with Crippen molar-refractivity contribution in [3.8, 4) is 28.5 Å². The standard InChI is InChI=1S/C28H26N4O3/c1-33-25-16-21(17-26(34-2)28(25)35-3)24-18-23(20-12-8-5-9-13-20)31-32(24)27-15-14-22(29-30-27)19-10-6-4-7-11-19/h4-17,24H,18H2,1-3H3. The summed E-state index contributed by atoms with van der Waals surface area (Å²) in [7, 11) is 4.84. The van der Waals surface area contributed by atoms with Crippen LogP contribution in [0.15, 0.2) is 90.0 Å². The maximum Gasteiger partial charge on any atom is 0.203 e. The Labute approximate surface area is 204 Å². The molecule has 0 radical (unpaired) electrons. The number of methoxy groups -OCH3 is 3. The summed E-state index contributed by atoms with van der Waals surface area (Å²) in [5, 5.41) is 15.9. The molecule has 4 aromatic rings. The van der Waals surface area contributed by atoms with Crippen LogP contribution in [0.25, 0.3) is 11.3 Å². The summed E-state index contributed by atoms with van der Waals surface area (Å²) in [4.78, 5) is 0. The van der Waals surface area contributed by atoms with Gasteiger partial charge in [-0.25, -0.2) is 5.01 Å². The molecule has 0 bridgehead atoms. The maximum atomic E-state index is 5.61. The first-order valence-electron chi connectivity index (χ1n) is 11.3. The van der Waals surface area contributed by atoms with Crippen molar-refractivity contribution in [1.82, 2.24) is 10.2 Å². The third kappa shape index (κ3) is 4.40. The SMILES string of the molecule is COc1cc(C2CC(c3ccccc3)=NN2c2ccc(-c3ccccc3)nn2)cc(OC)c1OC. The van der Waals surface area contributed by atoms with Gasteiger partial charge in [0.25, 0.3) is 0 Å². The second kappa shape index (κ2) is 9.85. The predicted molar refractivity (Wildman–Crippen MR) is 136 cm³/mol. The molecule has 0 N–H and O–H groups in total. The summed E-state index contributed by atoms with van der Waals surface area (Å²) < 4.78 is 16.7. The fourth-order valence-corrected chi connectivity index (χ4v) is 4.29. The zero-order chi connectivity index (χ0) is 24.2. The van der Waals surface area contributed by atoms with Crippen LogP contribution in [-0.2, 0) is 0 Å². The molecule has 5 rings (SSSR count). The van der Waals surface area contributed by atoms with E-state index in [-0.39, 0.29) is 6.04 Å². The summed E-state index contributed by atoms with van der Waals surface area (Å²) in [5.41, 5.74) is 4.84. The highest BCUT2D eigenvalue weighted by Gasteiger charge is 2.32. The Bertz CT molecular complexity index is 1300. The van der Waals surface area contributed by atoms with Crippen molar-refractivity contribution in [3.05, 3.63) is 96.1 Å². The summed E-state index contributed by atoms with van der Waals surface area (Å²) >= 11 is 0. The van der Waals surface area contributed by atoms with E-state index in [0.29, 0.717) is 29.5 Å². The number of aromatic nitrogens is 2. The lowest BCUT2D eigenvalue weighted by Gasteiger charge is -2.24. The van der Waals surface area contributed by atoms with Gasteiger partial charge in [0.2, 0.25) is 5.75 Å². The highest BCUT2D eigenvalue weighted by Crippen LogP contribution is 2.44. The Balaban J connectivity index is 1.56. The number of hydrogen-bond donors (Lipinski definition) is 0. The van der Waals surface area contributed by atoms with E-state index in [4.69, 9.17) is 19.3 Å². The Kier molecular flexibility index (Phi) is 6.30. The molecule has 7 nitrogen and oxygen atoms in total. The highest BCUT2D eigenvalue weighted by atomic mass is 16.5. The van der Waals surface area contributed by atoms with Crippen LogP contribution in [0.1, 0.15) is 23.6 Å². The minimum absolute atomic E-state index is 0.129. The fourth-order valence-electron chi connectivity index (χ4n) is 4.29. The van der Waals surface area contributed by atoms with Crippen LogP contribution in [0, 0.1) is 0 Å². The van der Waals surface area contributed by atoms with Crippen LogP contribution in [0.5, 0.6) is 17.2 Å². The van der Waals surface area contributed by atoms with Gasteiger partial charge in [0.05, 0.1) is 38.8 Å². The second-order valence-electron chi connectivity index (χ2n) is 8.08. The van der Waals surface area contributed by atoms with Gasteiger partial charge >= 0.3 is 0 Å². The molecule has 1 aliphatic heterocycles. The molecule has 1 aliphatic rings. The van der Waals surface area contributed by atoms with Crippen LogP contribution in [-0.4, -0.2) is 37.2 Å². The van der Waals surface area contributed by atoms with Crippen molar-refractivity contribution in [2.45, 2.75) is 12.5 Å². The lowest BCUT2D eigenvalue weighted by molar-refractivity contribution is 0.323.